The van der Waals surface area contributed by atoms with Crippen molar-refractivity contribution in [2.75, 3.05) is 0 Å². The first kappa shape index (κ1) is 18.5. The first-order valence-corrected chi connectivity index (χ1v) is 8.90. The van der Waals surface area contributed by atoms with Crippen molar-refractivity contribution in [3.63, 3.8) is 0 Å². The van der Waals surface area contributed by atoms with Gasteiger partial charge in [-0.3, -0.25) is 4.79 Å². The lowest BCUT2D eigenvalue weighted by Gasteiger charge is -2.00. The van der Waals surface area contributed by atoms with Gasteiger partial charge in [-0.25, -0.2) is 4.39 Å². The quantitative estimate of drug-likeness (QED) is 0.514. The number of hydrogen-bond donors (Lipinski definition) is 1. The number of carbonyl (C=O) groups excluding carboxylic acids is 1. The Morgan fingerprint density at radius 3 is 2.52 bits per heavy atom. The largest absolute Gasteiger partial charge is 0.349 e. The molecule has 146 valence electrons. The van der Waals surface area contributed by atoms with E-state index in [-0.39, 0.29) is 30.6 Å². The zero-order valence-corrected chi connectivity index (χ0v) is 15.2. The fourth-order valence-electron chi connectivity index (χ4n) is 2.58. The van der Waals surface area contributed by atoms with E-state index < -0.39 is 0 Å². The lowest BCUT2D eigenvalue weighted by atomic mass is 10.2. The molecule has 0 radical (unpaired) electrons. The molecule has 2 aromatic heterocycles. The summed E-state index contributed by atoms with van der Waals surface area (Å²) in [6.45, 7) is 0.114. The molecule has 4 aromatic rings. The van der Waals surface area contributed by atoms with Gasteiger partial charge in [0.25, 0.3) is 5.89 Å². The van der Waals surface area contributed by atoms with E-state index in [2.05, 4.69) is 25.6 Å². The molecule has 9 heteroatoms. The molecular weight excluding hydrogens is 377 g/mol. The summed E-state index contributed by atoms with van der Waals surface area (Å²) in [6.07, 6.45) is 0.498. The number of carbonyl (C=O) groups is 1. The number of nitrogens with one attached hydrogen (secondary N) is 1. The van der Waals surface area contributed by atoms with Crippen molar-refractivity contribution in [1.29, 1.82) is 0 Å². The van der Waals surface area contributed by atoms with Gasteiger partial charge in [-0.2, -0.15) is 9.97 Å². The van der Waals surface area contributed by atoms with Crippen LogP contribution in [-0.2, 0) is 17.8 Å². The smallest absolute Gasteiger partial charge is 0.257 e. The maximum absolute atomic E-state index is 13.0. The number of aromatic nitrogens is 4. The predicted octanol–water partition coefficient (Wildman–Crippen LogP) is 3.17. The van der Waals surface area contributed by atoms with Crippen molar-refractivity contribution in [1.82, 2.24) is 25.6 Å². The summed E-state index contributed by atoms with van der Waals surface area (Å²) in [5, 5.41) is 10.4. The number of benzene rings is 2. The maximum Gasteiger partial charge on any atom is 0.257 e. The van der Waals surface area contributed by atoms with Gasteiger partial charge in [0, 0.05) is 24.0 Å². The molecule has 0 fully saturated rings. The standard InChI is InChI=1S/C20H16FN5O3/c21-15-8-6-14(7-9-15)20-23-16(25-29-20)12-22-17(27)10-11-18-24-19(26-28-18)13-4-2-1-3-5-13/h1-9H,10-12H2,(H,22,27). The molecule has 0 atom stereocenters. The van der Waals surface area contributed by atoms with Crippen LogP contribution in [0.3, 0.4) is 0 Å². The van der Waals surface area contributed by atoms with Gasteiger partial charge in [0.15, 0.2) is 5.82 Å². The molecule has 0 unspecified atom stereocenters. The highest BCUT2D eigenvalue weighted by Gasteiger charge is 2.12. The van der Waals surface area contributed by atoms with Crippen LogP contribution in [0.25, 0.3) is 22.8 Å². The molecule has 1 amide bonds. The van der Waals surface area contributed by atoms with Crippen LogP contribution in [0.4, 0.5) is 4.39 Å². The number of halogens is 1. The Kier molecular flexibility index (Phi) is 5.37. The number of aryl methyl sites for hydroxylation is 1. The Hall–Kier alpha value is -3.88. The Morgan fingerprint density at radius 1 is 0.931 bits per heavy atom. The second kappa shape index (κ2) is 8.42. The van der Waals surface area contributed by atoms with Crippen LogP contribution in [0.5, 0.6) is 0 Å². The molecule has 0 saturated heterocycles. The minimum absolute atomic E-state index is 0.114. The van der Waals surface area contributed by atoms with E-state index in [4.69, 9.17) is 9.05 Å². The van der Waals surface area contributed by atoms with Gasteiger partial charge < -0.3 is 14.4 Å². The van der Waals surface area contributed by atoms with Gasteiger partial charge in [0.2, 0.25) is 17.6 Å². The third kappa shape index (κ3) is 4.70. The zero-order chi connectivity index (χ0) is 20.1. The van der Waals surface area contributed by atoms with E-state index in [1.54, 1.807) is 12.1 Å². The lowest BCUT2D eigenvalue weighted by molar-refractivity contribution is -0.121. The summed E-state index contributed by atoms with van der Waals surface area (Å²) in [4.78, 5) is 20.5. The average Bonchev–Trinajstić information content (AvgIpc) is 3.42. The van der Waals surface area contributed by atoms with E-state index in [0.29, 0.717) is 29.5 Å². The molecule has 0 aliphatic carbocycles. The minimum atomic E-state index is -0.349. The third-order valence-electron chi connectivity index (χ3n) is 4.07. The molecular formula is C20H16FN5O3. The summed E-state index contributed by atoms with van der Waals surface area (Å²) in [7, 11) is 0. The van der Waals surface area contributed by atoms with Crippen molar-refractivity contribution >= 4 is 5.91 Å². The number of amides is 1. The van der Waals surface area contributed by atoms with E-state index in [1.807, 2.05) is 30.3 Å². The molecule has 0 spiro atoms. The Labute approximate surface area is 164 Å². The Morgan fingerprint density at radius 2 is 1.72 bits per heavy atom. The summed E-state index contributed by atoms with van der Waals surface area (Å²) >= 11 is 0. The number of nitrogens with zero attached hydrogens (tertiary/aromatic N) is 4. The first-order valence-electron chi connectivity index (χ1n) is 8.90. The van der Waals surface area contributed by atoms with Crippen LogP contribution in [0.1, 0.15) is 18.1 Å². The summed E-state index contributed by atoms with van der Waals surface area (Å²) in [5.74, 6) is 0.893. The van der Waals surface area contributed by atoms with Gasteiger partial charge in [0.05, 0.1) is 6.54 Å². The van der Waals surface area contributed by atoms with Crippen LogP contribution >= 0.6 is 0 Å². The van der Waals surface area contributed by atoms with Crippen molar-refractivity contribution in [3.8, 4) is 22.8 Å². The van der Waals surface area contributed by atoms with Crippen LogP contribution in [-0.4, -0.2) is 26.2 Å². The normalized spacial score (nSPS) is 10.8. The first-order chi connectivity index (χ1) is 14.2. The van der Waals surface area contributed by atoms with Crippen molar-refractivity contribution in [2.24, 2.45) is 0 Å². The van der Waals surface area contributed by atoms with E-state index in [0.717, 1.165) is 5.56 Å². The highest BCUT2D eigenvalue weighted by Crippen LogP contribution is 2.17. The second-order valence-corrected chi connectivity index (χ2v) is 6.18. The van der Waals surface area contributed by atoms with Gasteiger partial charge in [-0.05, 0) is 24.3 Å². The van der Waals surface area contributed by atoms with Crippen LogP contribution in [0, 0.1) is 5.82 Å². The van der Waals surface area contributed by atoms with E-state index in [1.165, 1.54) is 12.1 Å². The zero-order valence-electron chi connectivity index (χ0n) is 15.2. The SMILES string of the molecule is O=C(CCc1nc(-c2ccccc2)no1)NCc1noc(-c2ccc(F)cc2)n1. The molecule has 0 bridgehead atoms. The second-order valence-electron chi connectivity index (χ2n) is 6.18. The highest BCUT2D eigenvalue weighted by atomic mass is 19.1. The Balaban J connectivity index is 1.27. The van der Waals surface area contributed by atoms with E-state index >= 15 is 0 Å². The molecule has 8 nitrogen and oxygen atoms in total. The van der Waals surface area contributed by atoms with Crippen LogP contribution in [0.15, 0.2) is 63.6 Å². The van der Waals surface area contributed by atoms with Gasteiger partial charge in [0.1, 0.15) is 5.82 Å². The van der Waals surface area contributed by atoms with Crippen LogP contribution in [0.2, 0.25) is 0 Å². The molecule has 0 aliphatic rings. The molecule has 0 aliphatic heterocycles. The van der Waals surface area contributed by atoms with Crippen molar-refractivity contribution < 1.29 is 18.2 Å². The van der Waals surface area contributed by atoms with E-state index in [9.17, 15) is 9.18 Å². The van der Waals surface area contributed by atoms with Gasteiger partial charge in [-0.1, -0.05) is 40.6 Å². The topological polar surface area (TPSA) is 107 Å². The maximum atomic E-state index is 13.0. The monoisotopic (exact) mass is 393 g/mol. The molecule has 0 saturated carbocycles. The molecule has 2 aromatic carbocycles. The van der Waals surface area contributed by atoms with Gasteiger partial charge in [-0.15, -0.1) is 0 Å². The summed E-state index contributed by atoms with van der Waals surface area (Å²) in [6, 6.07) is 15.1. The fraction of sp³-hybridized carbons (Fsp3) is 0.150. The van der Waals surface area contributed by atoms with Gasteiger partial charge >= 0.3 is 0 Å². The lowest BCUT2D eigenvalue weighted by Crippen LogP contribution is -2.23. The van der Waals surface area contributed by atoms with Crippen molar-refractivity contribution in [2.45, 2.75) is 19.4 Å². The number of hydrogen-bond acceptors (Lipinski definition) is 7. The fourth-order valence-corrected chi connectivity index (χ4v) is 2.58. The molecule has 1 N–H and O–H groups in total. The number of rotatable bonds is 7. The Bertz CT molecular complexity index is 1090. The molecule has 2 heterocycles. The highest BCUT2D eigenvalue weighted by molar-refractivity contribution is 5.75. The van der Waals surface area contributed by atoms with Crippen molar-refractivity contribution in [3.05, 3.63) is 72.1 Å². The summed E-state index contributed by atoms with van der Waals surface area (Å²) < 4.78 is 23.3. The molecule has 29 heavy (non-hydrogen) atoms. The third-order valence-corrected chi connectivity index (χ3v) is 4.07. The van der Waals surface area contributed by atoms with Crippen LogP contribution < -0.4 is 5.32 Å². The average molecular weight is 393 g/mol. The molecule has 4 rings (SSSR count). The predicted molar refractivity (Wildman–Crippen MR) is 99.6 cm³/mol. The minimum Gasteiger partial charge on any atom is -0.349 e. The summed E-state index contributed by atoms with van der Waals surface area (Å²) in [5.41, 5.74) is 1.45.